The molecule has 0 radical (unpaired) electrons. The van der Waals surface area contributed by atoms with Crippen LogP contribution < -0.4 is 5.32 Å². The van der Waals surface area contributed by atoms with Gasteiger partial charge in [0.1, 0.15) is 5.69 Å². The van der Waals surface area contributed by atoms with E-state index in [1.165, 1.54) is 6.42 Å². The van der Waals surface area contributed by atoms with Crippen molar-refractivity contribution < 1.29 is 9.26 Å². The van der Waals surface area contributed by atoms with Gasteiger partial charge in [-0.15, -0.1) is 0 Å². The number of hydrogen-bond acceptors (Lipinski definition) is 4. The molecule has 1 fully saturated rings. The predicted octanol–water partition coefficient (Wildman–Crippen LogP) is 1.25. The zero-order valence-electron chi connectivity index (χ0n) is 7.75. The third-order valence-electron chi connectivity index (χ3n) is 2.27. The molecule has 1 aliphatic rings. The summed E-state index contributed by atoms with van der Waals surface area (Å²) in [6, 6.07) is 2.32. The molecule has 1 N–H and O–H groups in total. The van der Waals surface area contributed by atoms with E-state index < -0.39 is 0 Å². The van der Waals surface area contributed by atoms with E-state index in [-0.39, 0.29) is 0 Å². The SMILES string of the molecule is COCc1cc(C2CCCN2)on1. The van der Waals surface area contributed by atoms with Gasteiger partial charge in [-0.3, -0.25) is 0 Å². The summed E-state index contributed by atoms with van der Waals surface area (Å²) in [6.45, 7) is 1.60. The van der Waals surface area contributed by atoms with Crippen LogP contribution in [0.5, 0.6) is 0 Å². The van der Waals surface area contributed by atoms with Crippen LogP contribution in [0.2, 0.25) is 0 Å². The largest absolute Gasteiger partial charge is 0.378 e. The summed E-state index contributed by atoms with van der Waals surface area (Å²) in [5.74, 6) is 0.935. The maximum atomic E-state index is 5.21. The number of rotatable bonds is 3. The Labute approximate surface area is 77.2 Å². The van der Waals surface area contributed by atoms with Crippen molar-refractivity contribution in [1.29, 1.82) is 0 Å². The van der Waals surface area contributed by atoms with Crippen molar-refractivity contribution in [1.82, 2.24) is 10.5 Å². The topological polar surface area (TPSA) is 47.3 Å². The lowest BCUT2D eigenvalue weighted by Gasteiger charge is -2.02. The third-order valence-corrected chi connectivity index (χ3v) is 2.27. The summed E-state index contributed by atoms with van der Waals surface area (Å²) in [5, 5.41) is 7.26. The van der Waals surface area contributed by atoms with E-state index in [0.29, 0.717) is 12.6 Å². The second-order valence-corrected chi connectivity index (χ2v) is 3.30. The number of hydrogen-bond donors (Lipinski definition) is 1. The third kappa shape index (κ3) is 1.89. The Balaban J connectivity index is 2.03. The second kappa shape index (κ2) is 3.89. The van der Waals surface area contributed by atoms with E-state index in [4.69, 9.17) is 9.26 Å². The van der Waals surface area contributed by atoms with Gasteiger partial charge in [0, 0.05) is 13.2 Å². The first-order valence-electron chi connectivity index (χ1n) is 4.58. The molecule has 72 valence electrons. The molecule has 1 saturated heterocycles. The normalized spacial score (nSPS) is 22.4. The first-order chi connectivity index (χ1) is 6.40. The summed E-state index contributed by atoms with van der Waals surface area (Å²) in [4.78, 5) is 0. The molecule has 4 heteroatoms. The number of methoxy groups -OCH3 is 1. The minimum atomic E-state index is 0.359. The van der Waals surface area contributed by atoms with Crippen LogP contribution in [-0.4, -0.2) is 18.8 Å². The van der Waals surface area contributed by atoms with Crippen molar-refractivity contribution in [2.75, 3.05) is 13.7 Å². The summed E-state index contributed by atoms with van der Waals surface area (Å²) in [5.41, 5.74) is 0.867. The number of ether oxygens (including phenoxy) is 1. The molecule has 0 aromatic carbocycles. The minimum Gasteiger partial charge on any atom is -0.378 e. The summed E-state index contributed by atoms with van der Waals surface area (Å²) < 4.78 is 10.2. The Kier molecular flexibility index (Phi) is 2.61. The Morgan fingerprint density at radius 3 is 3.38 bits per heavy atom. The molecular weight excluding hydrogens is 168 g/mol. The minimum absolute atomic E-state index is 0.359. The van der Waals surface area contributed by atoms with Crippen LogP contribution >= 0.6 is 0 Å². The van der Waals surface area contributed by atoms with E-state index in [9.17, 15) is 0 Å². The molecule has 1 atom stereocenters. The van der Waals surface area contributed by atoms with Gasteiger partial charge >= 0.3 is 0 Å². The standard InChI is InChI=1S/C9H14N2O2/c1-12-6-7-5-9(13-11-7)8-3-2-4-10-8/h5,8,10H,2-4,6H2,1H3. The molecule has 13 heavy (non-hydrogen) atoms. The lowest BCUT2D eigenvalue weighted by atomic mass is 10.2. The number of nitrogens with one attached hydrogen (secondary N) is 1. The molecule has 1 unspecified atom stereocenters. The van der Waals surface area contributed by atoms with Crippen LogP contribution in [0.4, 0.5) is 0 Å². The molecule has 1 aromatic heterocycles. The maximum Gasteiger partial charge on any atom is 0.153 e. The first-order valence-corrected chi connectivity index (χ1v) is 4.58. The fourth-order valence-electron chi connectivity index (χ4n) is 1.64. The van der Waals surface area contributed by atoms with Gasteiger partial charge in [0.15, 0.2) is 5.76 Å². The van der Waals surface area contributed by atoms with Crippen LogP contribution in [0.25, 0.3) is 0 Å². The summed E-state index contributed by atoms with van der Waals surface area (Å²) >= 11 is 0. The quantitative estimate of drug-likeness (QED) is 0.764. The lowest BCUT2D eigenvalue weighted by Crippen LogP contribution is -2.11. The first kappa shape index (κ1) is 8.72. The molecule has 0 aliphatic carbocycles. The van der Waals surface area contributed by atoms with Crippen molar-refractivity contribution >= 4 is 0 Å². The Morgan fingerprint density at radius 2 is 2.69 bits per heavy atom. The van der Waals surface area contributed by atoms with Crippen LogP contribution in [0.3, 0.4) is 0 Å². The van der Waals surface area contributed by atoms with Crippen molar-refractivity contribution in [2.45, 2.75) is 25.5 Å². The Morgan fingerprint density at radius 1 is 1.77 bits per heavy atom. The van der Waals surface area contributed by atoms with Crippen LogP contribution in [0.1, 0.15) is 30.3 Å². The Hall–Kier alpha value is -0.870. The Bertz CT molecular complexity index is 266. The second-order valence-electron chi connectivity index (χ2n) is 3.30. The predicted molar refractivity (Wildman–Crippen MR) is 47.2 cm³/mol. The molecule has 0 saturated carbocycles. The highest BCUT2D eigenvalue weighted by atomic mass is 16.5. The fourth-order valence-corrected chi connectivity index (χ4v) is 1.64. The van der Waals surface area contributed by atoms with Gasteiger partial charge in [-0.05, 0) is 19.4 Å². The molecule has 1 aromatic rings. The molecule has 0 amide bonds. The van der Waals surface area contributed by atoms with E-state index in [0.717, 1.165) is 24.4 Å². The zero-order chi connectivity index (χ0) is 9.10. The van der Waals surface area contributed by atoms with Gasteiger partial charge in [0.25, 0.3) is 0 Å². The summed E-state index contributed by atoms with van der Waals surface area (Å²) in [6.07, 6.45) is 2.35. The van der Waals surface area contributed by atoms with Gasteiger partial charge < -0.3 is 14.6 Å². The number of nitrogens with zero attached hydrogens (tertiary/aromatic N) is 1. The van der Waals surface area contributed by atoms with Gasteiger partial charge in [0.05, 0.1) is 12.6 Å². The molecule has 0 spiro atoms. The van der Waals surface area contributed by atoms with E-state index in [1.54, 1.807) is 7.11 Å². The van der Waals surface area contributed by atoms with Crippen molar-refractivity contribution in [3.63, 3.8) is 0 Å². The van der Waals surface area contributed by atoms with Gasteiger partial charge in [0.2, 0.25) is 0 Å². The monoisotopic (exact) mass is 182 g/mol. The number of aromatic nitrogens is 1. The zero-order valence-corrected chi connectivity index (χ0v) is 7.75. The van der Waals surface area contributed by atoms with Crippen LogP contribution in [-0.2, 0) is 11.3 Å². The highest BCUT2D eigenvalue weighted by Crippen LogP contribution is 2.23. The van der Waals surface area contributed by atoms with Crippen LogP contribution in [0, 0.1) is 0 Å². The average Bonchev–Trinajstić information content (AvgIpc) is 2.70. The van der Waals surface area contributed by atoms with Gasteiger partial charge in [-0.25, -0.2) is 0 Å². The fraction of sp³-hybridized carbons (Fsp3) is 0.667. The van der Waals surface area contributed by atoms with E-state index in [1.807, 2.05) is 6.07 Å². The highest BCUT2D eigenvalue weighted by molar-refractivity contribution is 5.09. The van der Waals surface area contributed by atoms with E-state index >= 15 is 0 Å². The molecular formula is C9H14N2O2. The smallest absolute Gasteiger partial charge is 0.153 e. The molecule has 2 heterocycles. The highest BCUT2D eigenvalue weighted by Gasteiger charge is 2.20. The van der Waals surface area contributed by atoms with Crippen LogP contribution in [0.15, 0.2) is 10.6 Å². The molecule has 1 aliphatic heterocycles. The van der Waals surface area contributed by atoms with Crippen molar-refractivity contribution in [2.24, 2.45) is 0 Å². The van der Waals surface area contributed by atoms with E-state index in [2.05, 4.69) is 10.5 Å². The molecule has 0 bridgehead atoms. The lowest BCUT2D eigenvalue weighted by molar-refractivity contribution is 0.177. The maximum absolute atomic E-state index is 5.21. The summed E-state index contributed by atoms with van der Waals surface area (Å²) in [7, 11) is 1.65. The average molecular weight is 182 g/mol. The van der Waals surface area contributed by atoms with Gasteiger partial charge in [-0.2, -0.15) is 0 Å². The molecule has 2 rings (SSSR count). The van der Waals surface area contributed by atoms with Crippen molar-refractivity contribution in [3.8, 4) is 0 Å². The molecule has 4 nitrogen and oxygen atoms in total. The van der Waals surface area contributed by atoms with Gasteiger partial charge in [-0.1, -0.05) is 5.16 Å². The van der Waals surface area contributed by atoms with Crippen molar-refractivity contribution in [3.05, 3.63) is 17.5 Å².